The van der Waals surface area contributed by atoms with Crippen molar-refractivity contribution in [1.29, 1.82) is 0 Å². The van der Waals surface area contributed by atoms with Gasteiger partial charge in [0.15, 0.2) is 0 Å². The lowest BCUT2D eigenvalue weighted by molar-refractivity contribution is -0.107. The molecule has 0 aliphatic heterocycles. The molecule has 0 saturated heterocycles. The Labute approximate surface area is 98.7 Å². The number of carbonyl (C=O) groups excluding carboxylic acids is 1. The Morgan fingerprint density at radius 3 is 2.80 bits per heavy atom. The third kappa shape index (κ3) is 2.09. The molecular weight excluding hydrogens is 231 g/mol. The van der Waals surface area contributed by atoms with Gasteiger partial charge >= 0.3 is 0 Å². The second-order valence-corrected chi connectivity index (χ2v) is 4.53. The summed E-state index contributed by atoms with van der Waals surface area (Å²) >= 11 is 11.5. The molecular formula is C12H10Cl2O. The minimum absolute atomic E-state index is 0.421. The van der Waals surface area contributed by atoms with Crippen molar-refractivity contribution in [2.24, 2.45) is 0 Å². The second kappa shape index (κ2) is 3.99. The summed E-state index contributed by atoms with van der Waals surface area (Å²) in [6.07, 6.45) is 3.23. The molecule has 78 valence electrons. The molecule has 1 aromatic carbocycles. The standard InChI is InChI=1S/C12H10Cl2O/c1-7-4-10-8(6-12(14)15)2-3-9(10)11(13)5-7/h4-6H,2-3H2,1H3. The van der Waals surface area contributed by atoms with Crippen molar-refractivity contribution in [2.75, 3.05) is 0 Å². The lowest BCUT2D eigenvalue weighted by Crippen LogP contribution is -1.86. The van der Waals surface area contributed by atoms with E-state index in [9.17, 15) is 4.79 Å². The maximum Gasteiger partial charge on any atom is 0.245 e. The molecule has 0 unspecified atom stereocenters. The number of aryl methyl sites for hydroxylation is 1. The highest BCUT2D eigenvalue weighted by molar-refractivity contribution is 6.67. The third-order valence-electron chi connectivity index (χ3n) is 2.62. The minimum Gasteiger partial charge on any atom is -0.276 e. The van der Waals surface area contributed by atoms with Crippen molar-refractivity contribution in [2.45, 2.75) is 19.8 Å². The summed E-state index contributed by atoms with van der Waals surface area (Å²) in [5.74, 6) is 0. The minimum atomic E-state index is -0.421. The number of carbonyl (C=O) groups is 1. The molecule has 0 N–H and O–H groups in total. The van der Waals surface area contributed by atoms with Gasteiger partial charge in [-0.25, -0.2) is 0 Å². The highest BCUT2D eigenvalue weighted by atomic mass is 35.5. The highest BCUT2D eigenvalue weighted by Gasteiger charge is 2.19. The van der Waals surface area contributed by atoms with E-state index in [4.69, 9.17) is 23.2 Å². The second-order valence-electron chi connectivity index (χ2n) is 3.75. The third-order valence-corrected chi connectivity index (χ3v) is 3.06. The van der Waals surface area contributed by atoms with Crippen molar-refractivity contribution in [3.63, 3.8) is 0 Å². The topological polar surface area (TPSA) is 17.1 Å². The summed E-state index contributed by atoms with van der Waals surface area (Å²) in [5, 5.41) is 0.367. The summed E-state index contributed by atoms with van der Waals surface area (Å²) in [7, 11) is 0. The van der Waals surface area contributed by atoms with Crippen LogP contribution < -0.4 is 0 Å². The molecule has 0 spiro atoms. The van der Waals surface area contributed by atoms with Gasteiger partial charge in [-0.15, -0.1) is 0 Å². The molecule has 0 atom stereocenters. The number of halogens is 2. The first kappa shape index (κ1) is 10.7. The molecule has 1 aromatic rings. The van der Waals surface area contributed by atoms with Crippen LogP contribution >= 0.6 is 23.2 Å². The van der Waals surface area contributed by atoms with Crippen molar-refractivity contribution < 1.29 is 4.79 Å². The SMILES string of the molecule is Cc1cc(Cl)c2c(c1)C(=CC(=O)Cl)CC2. The van der Waals surface area contributed by atoms with Gasteiger partial charge in [0.1, 0.15) is 0 Å². The number of benzene rings is 1. The fourth-order valence-corrected chi connectivity index (χ4v) is 2.49. The van der Waals surface area contributed by atoms with Crippen LogP contribution in [-0.2, 0) is 11.2 Å². The first-order valence-corrected chi connectivity index (χ1v) is 5.53. The summed E-state index contributed by atoms with van der Waals surface area (Å²) < 4.78 is 0. The number of hydrogen-bond donors (Lipinski definition) is 0. The van der Waals surface area contributed by atoms with E-state index in [1.54, 1.807) is 0 Å². The fraction of sp³-hybridized carbons (Fsp3) is 0.250. The zero-order chi connectivity index (χ0) is 11.0. The van der Waals surface area contributed by atoms with E-state index in [1.165, 1.54) is 6.08 Å². The lowest BCUT2D eigenvalue weighted by atomic mass is 10.0. The summed E-state index contributed by atoms with van der Waals surface area (Å²) in [6.45, 7) is 1.99. The predicted molar refractivity (Wildman–Crippen MR) is 63.3 cm³/mol. The first-order valence-electron chi connectivity index (χ1n) is 4.77. The Morgan fingerprint density at radius 1 is 1.40 bits per heavy atom. The van der Waals surface area contributed by atoms with Gasteiger partial charge in [0.2, 0.25) is 5.24 Å². The monoisotopic (exact) mass is 240 g/mol. The molecule has 1 aliphatic carbocycles. The van der Waals surface area contributed by atoms with Gasteiger partial charge < -0.3 is 0 Å². The predicted octanol–water partition coefficient (Wildman–Crippen LogP) is 3.74. The van der Waals surface area contributed by atoms with Crippen molar-refractivity contribution in [3.05, 3.63) is 39.9 Å². The molecule has 1 aliphatic rings. The lowest BCUT2D eigenvalue weighted by Gasteiger charge is -2.04. The van der Waals surface area contributed by atoms with E-state index in [0.29, 0.717) is 0 Å². The number of hydrogen-bond acceptors (Lipinski definition) is 1. The van der Waals surface area contributed by atoms with Gasteiger partial charge in [0, 0.05) is 11.1 Å². The van der Waals surface area contributed by atoms with Crippen LogP contribution in [-0.4, -0.2) is 5.24 Å². The van der Waals surface area contributed by atoms with Crippen LogP contribution in [0, 0.1) is 6.92 Å². The normalized spacial score (nSPS) is 16.9. The molecule has 0 fully saturated rings. The summed E-state index contributed by atoms with van der Waals surface area (Å²) in [6, 6.07) is 4.01. The number of rotatable bonds is 1. The van der Waals surface area contributed by atoms with E-state index in [2.05, 4.69) is 6.07 Å². The van der Waals surface area contributed by atoms with Gasteiger partial charge in [-0.1, -0.05) is 17.7 Å². The van der Waals surface area contributed by atoms with Crippen LogP contribution in [0.4, 0.5) is 0 Å². The van der Waals surface area contributed by atoms with E-state index >= 15 is 0 Å². The van der Waals surface area contributed by atoms with Gasteiger partial charge in [0.25, 0.3) is 0 Å². The zero-order valence-corrected chi connectivity index (χ0v) is 9.82. The molecule has 0 aromatic heterocycles. The number of fused-ring (bicyclic) bond motifs is 1. The largest absolute Gasteiger partial charge is 0.276 e. The first-order chi connectivity index (χ1) is 7.08. The summed E-state index contributed by atoms with van der Waals surface area (Å²) in [4.78, 5) is 10.8. The van der Waals surface area contributed by atoms with Crippen LogP contribution in [0.5, 0.6) is 0 Å². The molecule has 0 heterocycles. The average molecular weight is 241 g/mol. The van der Waals surface area contributed by atoms with Gasteiger partial charge in [-0.05, 0) is 59.7 Å². The smallest absolute Gasteiger partial charge is 0.245 e. The van der Waals surface area contributed by atoms with Crippen LogP contribution in [0.1, 0.15) is 23.1 Å². The van der Waals surface area contributed by atoms with E-state index in [1.807, 2.05) is 13.0 Å². The maximum absolute atomic E-state index is 10.8. The van der Waals surface area contributed by atoms with Crippen LogP contribution in [0.15, 0.2) is 18.2 Å². The Balaban J connectivity index is 2.55. The summed E-state index contributed by atoms with van der Waals surface area (Å²) in [5.41, 5.74) is 4.31. The molecule has 0 radical (unpaired) electrons. The Bertz CT molecular complexity index is 461. The van der Waals surface area contributed by atoms with Crippen LogP contribution in [0.2, 0.25) is 5.02 Å². The molecule has 2 rings (SSSR count). The number of allylic oxidation sites excluding steroid dienone is 2. The Hall–Kier alpha value is -0.790. The molecule has 15 heavy (non-hydrogen) atoms. The van der Waals surface area contributed by atoms with Crippen molar-refractivity contribution in [3.8, 4) is 0 Å². The van der Waals surface area contributed by atoms with E-state index in [-0.39, 0.29) is 0 Å². The van der Waals surface area contributed by atoms with Crippen LogP contribution in [0.3, 0.4) is 0 Å². The quantitative estimate of drug-likeness (QED) is 0.540. The van der Waals surface area contributed by atoms with E-state index < -0.39 is 5.24 Å². The average Bonchev–Trinajstić information content (AvgIpc) is 2.48. The van der Waals surface area contributed by atoms with Gasteiger partial charge in [-0.2, -0.15) is 0 Å². The van der Waals surface area contributed by atoms with Crippen LogP contribution in [0.25, 0.3) is 5.57 Å². The molecule has 0 amide bonds. The van der Waals surface area contributed by atoms with Gasteiger partial charge in [0.05, 0.1) is 0 Å². The molecule has 0 saturated carbocycles. The van der Waals surface area contributed by atoms with Crippen molar-refractivity contribution >= 4 is 34.0 Å². The molecule has 0 bridgehead atoms. The molecule has 1 nitrogen and oxygen atoms in total. The maximum atomic E-state index is 10.8. The van der Waals surface area contributed by atoms with Crippen molar-refractivity contribution in [1.82, 2.24) is 0 Å². The Kier molecular flexibility index (Phi) is 2.85. The van der Waals surface area contributed by atoms with Gasteiger partial charge in [-0.3, -0.25) is 4.79 Å². The van der Waals surface area contributed by atoms with E-state index in [0.717, 1.165) is 40.1 Å². The highest BCUT2D eigenvalue weighted by Crippen LogP contribution is 2.37. The molecule has 3 heteroatoms. The zero-order valence-electron chi connectivity index (χ0n) is 8.31. The Morgan fingerprint density at radius 2 is 2.13 bits per heavy atom. The fourth-order valence-electron chi connectivity index (χ4n) is 1.99.